The van der Waals surface area contributed by atoms with Gasteiger partial charge in [0.05, 0.1) is 32.7 Å². The minimum atomic E-state index is -4.40. The molecule has 3 rings (SSSR count). The number of allylic oxidation sites excluding steroid dienone is 4. The molecule has 1 aliphatic carbocycles. The lowest BCUT2D eigenvalue weighted by Crippen LogP contribution is -2.18. The van der Waals surface area contributed by atoms with Gasteiger partial charge in [-0.2, -0.15) is 13.2 Å². The van der Waals surface area contributed by atoms with Crippen LogP contribution in [0, 0.1) is 5.92 Å². The number of halogens is 3. The fourth-order valence-electron chi connectivity index (χ4n) is 3.00. The third kappa shape index (κ3) is 2.73. The van der Waals surface area contributed by atoms with Crippen molar-refractivity contribution in [2.45, 2.75) is 19.5 Å². The Kier molecular flexibility index (Phi) is 4.21. The Morgan fingerprint density at radius 2 is 2.08 bits per heavy atom. The highest BCUT2D eigenvalue weighted by Crippen LogP contribution is 2.34. The number of aryl methyl sites for hydroxylation is 1. The molecule has 0 saturated carbocycles. The van der Waals surface area contributed by atoms with Crippen molar-refractivity contribution in [2.24, 2.45) is 13.0 Å². The highest BCUT2D eigenvalue weighted by Gasteiger charge is 2.31. The van der Waals surface area contributed by atoms with Crippen LogP contribution in [0.4, 0.5) is 13.2 Å². The van der Waals surface area contributed by atoms with Crippen molar-refractivity contribution in [2.75, 3.05) is 0 Å². The standard InChI is InChI=1S/C17H15F3N2OS/c1-3-11-12(5-4-6-15(11)24-23)16-21-13-9-10(17(18,19)20)7-8-14(13)22(16)2/h4-9,11H,3H2,1-2H3. The van der Waals surface area contributed by atoms with Gasteiger partial charge in [0.1, 0.15) is 5.82 Å². The molecular weight excluding hydrogens is 337 g/mol. The second-order valence-electron chi connectivity index (χ2n) is 5.62. The van der Waals surface area contributed by atoms with Crippen LogP contribution in [0.2, 0.25) is 0 Å². The van der Waals surface area contributed by atoms with E-state index in [1.165, 1.54) is 6.07 Å². The lowest BCUT2D eigenvalue weighted by Gasteiger charge is -2.20. The van der Waals surface area contributed by atoms with Crippen LogP contribution < -0.4 is 0 Å². The largest absolute Gasteiger partial charge is 0.416 e. The third-order valence-electron chi connectivity index (χ3n) is 4.23. The predicted octanol–water partition coefficient (Wildman–Crippen LogP) is 3.96. The summed E-state index contributed by atoms with van der Waals surface area (Å²) in [5.41, 5.74) is 1.06. The second-order valence-corrected chi connectivity index (χ2v) is 6.26. The first-order valence-corrected chi connectivity index (χ1v) is 8.20. The van der Waals surface area contributed by atoms with E-state index in [-0.39, 0.29) is 5.92 Å². The summed E-state index contributed by atoms with van der Waals surface area (Å²) in [6.07, 6.45) is 1.75. The summed E-state index contributed by atoms with van der Waals surface area (Å²) in [6, 6.07) is 3.55. The molecule has 0 radical (unpaired) electrons. The number of hydrogen-bond donors (Lipinski definition) is 0. The molecule has 1 unspecified atom stereocenters. The van der Waals surface area contributed by atoms with Crippen molar-refractivity contribution in [3.63, 3.8) is 0 Å². The van der Waals surface area contributed by atoms with Gasteiger partial charge in [0.25, 0.3) is 0 Å². The van der Waals surface area contributed by atoms with Gasteiger partial charge in [0.15, 0.2) is 0 Å². The van der Waals surface area contributed by atoms with Gasteiger partial charge in [0.2, 0.25) is 0 Å². The Morgan fingerprint density at radius 1 is 1.33 bits per heavy atom. The van der Waals surface area contributed by atoms with Crippen molar-refractivity contribution in [3.8, 4) is 0 Å². The molecule has 1 aliphatic rings. The average molecular weight is 352 g/mol. The van der Waals surface area contributed by atoms with Crippen LogP contribution in [0.3, 0.4) is 0 Å². The molecule has 2 aromatic rings. The number of fused-ring (bicyclic) bond motifs is 1. The topological polar surface area (TPSA) is 34.9 Å². The Balaban J connectivity index is 2.17. The molecule has 126 valence electrons. The first kappa shape index (κ1) is 16.7. The summed E-state index contributed by atoms with van der Waals surface area (Å²) in [4.78, 5) is 5.11. The summed E-state index contributed by atoms with van der Waals surface area (Å²) in [5.74, 6) is 0.502. The Hall–Kier alpha value is -2.15. The molecule has 0 aliphatic heterocycles. The number of rotatable bonds is 2. The number of aromatic nitrogens is 2. The van der Waals surface area contributed by atoms with Crippen LogP contribution >= 0.6 is 0 Å². The van der Waals surface area contributed by atoms with Crippen LogP contribution in [-0.2, 0) is 24.5 Å². The van der Waals surface area contributed by atoms with Gasteiger partial charge in [0, 0.05) is 18.5 Å². The molecular formula is C17H15F3N2OS. The predicted molar refractivity (Wildman–Crippen MR) is 89.8 cm³/mol. The molecule has 0 spiro atoms. The van der Waals surface area contributed by atoms with E-state index >= 15 is 0 Å². The van der Waals surface area contributed by atoms with Gasteiger partial charge < -0.3 is 4.57 Å². The zero-order valence-corrected chi connectivity index (χ0v) is 13.9. The van der Waals surface area contributed by atoms with E-state index < -0.39 is 11.7 Å². The lowest BCUT2D eigenvalue weighted by molar-refractivity contribution is -0.137. The Labute approximate surface area is 140 Å². The minimum Gasteiger partial charge on any atom is -0.327 e. The molecule has 1 atom stereocenters. The maximum Gasteiger partial charge on any atom is 0.416 e. The normalized spacial score (nSPS) is 18.1. The highest BCUT2D eigenvalue weighted by atomic mass is 32.1. The van der Waals surface area contributed by atoms with E-state index in [4.69, 9.17) is 0 Å². The number of nitrogens with zero attached hydrogens (tertiary/aromatic N) is 2. The molecule has 0 saturated heterocycles. The Bertz CT molecular complexity index is 918. The molecule has 0 amide bonds. The highest BCUT2D eigenvalue weighted by molar-refractivity contribution is 7.67. The van der Waals surface area contributed by atoms with Gasteiger partial charge in [-0.3, -0.25) is 0 Å². The quantitative estimate of drug-likeness (QED) is 0.767. The van der Waals surface area contributed by atoms with Crippen molar-refractivity contribution in [1.29, 1.82) is 0 Å². The van der Waals surface area contributed by atoms with Gasteiger partial charge in [-0.1, -0.05) is 19.1 Å². The third-order valence-corrected chi connectivity index (χ3v) is 4.84. The number of hydrogen-bond acceptors (Lipinski definition) is 2. The monoisotopic (exact) mass is 352 g/mol. The molecule has 3 nitrogen and oxygen atoms in total. The molecule has 24 heavy (non-hydrogen) atoms. The minimum absolute atomic E-state index is 0.0879. The zero-order chi connectivity index (χ0) is 17.5. The first-order chi connectivity index (χ1) is 11.4. The number of benzene rings is 1. The second kappa shape index (κ2) is 6.05. The summed E-state index contributed by atoms with van der Waals surface area (Å²) < 4.78 is 51.8. The summed E-state index contributed by atoms with van der Waals surface area (Å²) >= 11 is 0.449. The van der Waals surface area contributed by atoms with Gasteiger partial charge >= 0.3 is 6.18 Å². The van der Waals surface area contributed by atoms with Crippen molar-refractivity contribution in [3.05, 3.63) is 47.8 Å². The molecule has 1 aromatic carbocycles. The van der Waals surface area contributed by atoms with E-state index in [0.29, 0.717) is 33.0 Å². The molecule has 0 N–H and O–H groups in total. The van der Waals surface area contributed by atoms with E-state index in [1.807, 2.05) is 13.0 Å². The van der Waals surface area contributed by atoms with Gasteiger partial charge in [-0.05, 0) is 30.7 Å². The molecule has 7 heteroatoms. The first-order valence-electron chi connectivity index (χ1n) is 7.45. The molecule has 0 fully saturated rings. The van der Waals surface area contributed by atoms with E-state index in [1.54, 1.807) is 23.8 Å². The number of alkyl halides is 3. The lowest BCUT2D eigenvalue weighted by atomic mass is 9.88. The van der Waals surface area contributed by atoms with Crippen LogP contribution in [0.25, 0.3) is 16.6 Å². The van der Waals surface area contributed by atoms with E-state index in [9.17, 15) is 17.4 Å². The Morgan fingerprint density at radius 3 is 2.71 bits per heavy atom. The average Bonchev–Trinajstić information content (AvgIpc) is 2.89. The van der Waals surface area contributed by atoms with Crippen LogP contribution in [-0.4, -0.2) is 18.6 Å². The van der Waals surface area contributed by atoms with Gasteiger partial charge in [-0.25, -0.2) is 9.19 Å². The maximum atomic E-state index is 12.9. The van der Waals surface area contributed by atoms with E-state index in [2.05, 4.69) is 4.98 Å². The van der Waals surface area contributed by atoms with Crippen molar-refractivity contribution in [1.82, 2.24) is 9.55 Å². The fourth-order valence-corrected chi connectivity index (χ4v) is 3.55. The van der Waals surface area contributed by atoms with Crippen LogP contribution in [0.15, 0.2) is 36.4 Å². The van der Waals surface area contributed by atoms with Crippen LogP contribution in [0.5, 0.6) is 0 Å². The zero-order valence-electron chi connectivity index (χ0n) is 13.1. The van der Waals surface area contributed by atoms with E-state index in [0.717, 1.165) is 24.1 Å². The van der Waals surface area contributed by atoms with Gasteiger partial charge in [-0.15, -0.1) is 0 Å². The summed E-state index contributed by atoms with van der Waals surface area (Å²) in [6.45, 7) is 1.97. The number of imidazole rings is 1. The van der Waals surface area contributed by atoms with Crippen molar-refractivity contribution >= 4 is 32.7 Å². The SMILES string of the molecule is CCC1C(c2nc3cc(C(F)(F)F)ccc3n2C)=CC=CC1=S=O. The fraction of sp³-hybridized carbons (Fsp3) is 0.294. The summed E-state index contributed by atoms with van der Waals surface area (Å²) in [7, 11) is 1.77. The maximum absolute atomic E-state index is 12.9. The molecule has 1 aromatic heterocycles. The molecule has 1 heterocycles. The smallest absolute Gasteiger partial charge is 0.327 e. The van der Waals surface area contributed by atoms with Crippen molar-refractivity contribution < 1.29 is 17.4 Å². The van der Waals surface area contributed by atoms with Crippen LogP contribution in [0.1, 0.15) is 24.7 Å². The molecule has 0 bridgehead atoms. The summed E-state index contributed by atoms with van der Waals surface area (Å²) in [5, 5.41) is 0.